The summed E-state index contributed by atoms with van der Waals surface area (Å²) in [6.07, 6.45) is 2.13. The van der Waals surface area contributed by atoms with Crippen molar-refractivity contribution in [3.05, 3.63) is 28.5 Å². The predicted octanol–water partition coefficient (Wildman–Crippen LogP) is 2.59. The summed E-state index contributed by atoms with van der Waals surface area (Å²) in [6, 6.07) is 4.34. The monoisotopic (exact) mass is 301 g/mol. The summed E-state index contributed by atoms with van der Waals surface area (Å²) in [7, 11) is 0. The molecule has 3 nitrogen and oxygen atoms in total. The molecule has 0 unspecified atom stereocenters. The van der Waals surface area contributed by atoms with Crippen LogP contribution >= 0.6 is 15.9 Å². The molecule has 0 radical (unpaired) electrons. The van der Waals surface area contributed by atoms with Crippen molar-refractivity contribution in [3.8, 4) is 5.75 Å². The van der Waals surface area contributed by atoms with Gasteiger partial charge in [0.05, 0.1) is 4.47 Å². The fourth-order valence-electron chi connectivity index (χ4n) is 1.77. The van der Waals surface area contributed by atoms with Crippen LogP contribution in [0.2, 0.25) is 0 Å². The van der Waals surface area contributed by atoms with Crippen LogP contribution in [0, 0.1) is 5.82 Å². The van der Waals surface area contributed by atoms with E-state index in [0.717, 1.165) is 25.9 Å². The Bertz CT molecular complexity index is 419. The minimum atomic E-state index is -0.344. The topological polar surface area (TPSA) is 29.5 Å². The highest BCUT2D eigenvalue weighted by molar-refractivity contribution is 9.10. The molecule has 0 spiro atoms. The van der Waals surface area contributed by atoms with Gasteiger partial charge in [-0.05, 0) is 47.0 Å². The average molecular weight is 302 g/mol. The maximum absolute atomic E-state index is 13.0. The van der Waals surface area contributed by atoms with Crippen molar-refractivity contribution in [2.75, 3.05) is 19.7 Å². The fourth-order valence-corrected chi connectivity index (χ4v) is 2.13. The lowest BCUT2D eigenvalue weighted by atomic mass is 10.3. The summed E-state index contributed by atoms with van der Waals surface area (Å²) in [5, 5.41) is 0. The number of nitrogens with zero attached hydrogens (tertiary/aromatic N) is 1. The highest BCUT2D eigenvalue weighted by Crippen LogP contribution is 2.21. The van der Waals surface area contributed by atoms with Crippen LogP contribution in [0.1, 0.15) is 12.8 Å². The minimum absolute atomic E-state index is 0.0112. The number of hydrogen-bond donors (Lipinski definition) is 0. The largest absolute Gasteiger partial charge is 0.484 e. The molecule has 0 N–H and O–H groups in total. The molecule has 2 rings (SSSR count). The molecule has 92 valence electrons. The van der Waals surface area contributed by atoms with Gasteiger partial charge in [0.15, 0.2) is 6.61 Å². The number of likely N-dealkylation sites (tertiary alicyclic amines) is 1. The van der Waals surface area contributed by atoms with Gasteiger partial charge >= 0.3 is 0 Å². The van der Waals surface area contributed by atoms with Crippen molar-refractivity contribution in [1.82, 2.24) is 4.90 Å². The third kappa shape index (κ3) is 3.19. The Morgan fingerprint density at radius 1 is 1.41 bits per heavy atom. The molecule has 17 heavy (non-hydrogen) atoms. The lowest BCUT2D eigenvalue weighted by Crippen LogP contribution is -2.32. The van der Waals surface area contributed by atoms with Crippen molar-refractivity contribution >= 4 is 21.8 Å². The minimum Gasteiger partial charge on any atom is -0.484 e. The lowest BCUT2D eigenvalue weighted by Gasteiger charge is -2.15. The smallest absolute Gasteiger partial charge is 0.260 e. The molecule has 1 aliphatic rings. The SMILES string of the molecule is O=C(COc1ccc(F)c(Br)c1)N1CCCC1. The number of carbonyl (C=O) groups excluding carboxylic acids is 1. The lowest BCUT2D eigenvalue weighted by molar-refractivity contribution is -0.132. The van der Waals surface area contributed by atoms with E-state index in [1.807, 2.05) is 0 Å². The van der Waals surface area contributed by atoms with E-state index in [0.29, 0.717) is 10.2 Å². The van der Waals surface area contributed by atoms with Gasteiger partial charge in [0, 0.05) is 13.1 Å². The molecular formula is C12H13BrFNO2. The van der Waals surface area contributed by atoms with Gasteiger partial charge in [0.2, 0.25) is 0 Å². The van der Waals surface area contributed by atoms with Gasteiger partial charge in [-0.15, -0.1) is 0 Å². The molecule has 0 bridgehead atoms. The number of amides is 1. The Kier molecular flexibility index (Phi) is 3.99. The first-order chi connectivity index (χ1) is 8.16. The summed E-state index contributed by atoms with van der Waals surface area (Å²) in [4.78, 5) is 13.5. The Hall–Kier alpha value is -1.10. The molecule has 1 saturated heterocycles. The average Bonchev–Trinajstić information content (AvgIpc) is 2.84. The predicted molar refractivity (Wildman–Crippen MR) is 65.4 cm³/mol. The van der Waals surface area contributed by atoms with E-state index < -0.39 is 0 Å². The van der Waals surface area contributed by atoms with Crippen molar-refractivity contribution in [1.29, 1.82) is 0 Å². The Morgan fingerprint density at radius 2 is 2.12 bits per heavy atom. The molecule has 0 aromatic heterocycles. The normalized spacial score (nSPS) is 15.1. The molecule has 1 aromatic rings. The molecule has 5 heteroatoms. The van der Waals surface area contributed by atoms with E-state index in [2.05, 4.69) is 15.9 Å². The maximum atomic E-state index is 13.0. The van der Waals surface area contributed by atoms with Gasteiger partial charge in [-0.25, -0.2) is 4.39 Å². The third-order valence-corrected chi connectivity index (χ3v) is 3.32. The summed E-state index contributed by atoms with van der Waals surface area (Å²) in [6.45, 7) is 1.64. The van der Waals surface area contributed by atoms with Crippen LogP contribution in [0.25, 0.3) is 0 Å². The first-order valence-corrected chi connectivity index (χ1v) is 6.32. The molecule has 1 heterocycles. The molecule has 0 saturated carbocycles. The van der Waals surface area contributed by atoms with E-state index in [9.17, 15) is 9.18 Å². The molecule has 1 aromatic carbocycles. The molecule has 1 fully saturated rings. The second-order valence-electron chi connectivity index (χ2n) is 3.95. The van der Waals surface area contributed by atoms with Crippen LogP contribution in [-0.2, 0) is 4.79 Å². The number of benzene rings is 1. The van der Waals surface area contributed by atoms with Gasteiger partial charge in [0.25, 0.3) is 5.91 Å². The van der Waals surface area contributed by atoms with E-state index in [1.165, 1.54) is 18.2 Å². The Balaban J connectivity index is 1.88. The summed E-state index contributed by atoms with van der Waals surface area (Å²) >= 11 is 3.07. The highest BCUT2D eigenvalue weighted by atomic mass is 79.9. The van der Waals surface area contributed by atoms with Gasteiger partial charge in [-0.2, -0.15) is 0 Å². The standard InChI is InChI=1S/C12H13BrFNO2/c13-10-7-9(3-4-11(10)14)17-8-12(16)15-5-1-2-6-15/h3-4,7H,1-2,5-6,8H2. The fraction of sp³-hybridized carbons (Fsp3) is 0.417. The molecule has 0 aliphatic carbocycles. The van der Waals surface area contributed by atoms with Crippen LogP contribution in [0.4, 0.5) is 4.39 Å². The first kappa shape index (κ1) is 12.4. The van der Waals surface area contributed by atoms with E-state index in [4.69, 9.17) is 4.74 Å². The summed E-state index contributed by atoms with van der Waals surface area (Å²) in [5.41, 5.74) is 0. The zero-order chi connectivity index (χ0) is 12.3. The van der Waals surface area contributed by atoms with Crippen molar-refractivity contribution in [2.45, 2.75) is 12.8 Å². The third-order valence-electron chi connectivity index (χ3n) is 2.71. The zero-order valence-electron chi connectivity index (χ0n) is 9.29. The highest BCUT2D eigenvalue weighted by Gasteiger charge is 2.18. The van der Waals surface area contributed by atoms with E-state index in [-0.39, 0.29) is 18.3 Å². The molecule has 0 atom stereocenters. The van der Waals surface area contributed by atoms with Gasteiger partial charge in [-0.1, -0.05) is 0 Å². The quantitative estimate of drug-likeness (QED) is 0.859. The number of hydrogen-bond acceptors (Lipinski definition) is 2. The molecular weight excluding hydrogens is 289 g/mol. The number of ether oxygens (including phenoxy) is 1. The van der Waals surface area contributed by atoms with Gasteiger partial charge in [-0.3, -0.25) is 4.79 Å². The second-order valence-corrected chi connectivity index (χ2v) is 4.81. The number of rotatable bonds is 3. The summed E-state index contributed by atoms with van der Waals surface area (Å²) < 4.78 is 18.6. The maximum Gasteiger partial charge on any atom is 0.260 e. The van der Waals surface area contributed by atoms with Crippen LogP contribution < -0.4 is 4.74 Å². The van der Waals surface area contributed by atoms with Crippen molar-refractivity contribution in [2.24, 2.45) is 0 Å². The van der Waals surface area contributed by atoms with Crippen LogP contribution in [0.3, 0.4) is 0 Å². The van der Waals surface area contributed by atoms with Crippen LogP contribution in [0.5, 0.6) is 5.75 Å². The molecule has 1 aliphatic heterocycles. The van der Waals surface area contributed by atoms with Crippen LogP contribution in [0.15, 0.2) is 22.7 Å². The number of carbonyl (C=O) groups is 1. The Labute approximate surface area is 108 Å². The second kappa shape index (κ2) is 5.49. The van der Waals surface area contributed by atoms with Crippen LogP contribution in [-0.4, -0.2) is 30.5 Å². The first-order valence-electron chi connectivity index (χ1n) is 5.52. The number of halogens is 2. The van der Waals surface area contributed by atoms with Gasteiger partial charge < -0.3 is 9.64 Å². The van der Waals surface area contributed by atoms with Crippen molar-refractivity contribution in [3.63, 3.8) is 0 Å². The van der Waals surface area contributed by atoms with Gasteiger partial charge in [0.1, 0.15) is 11.6 Å². The Morgan fingerprint density at radius 3 is 2.76 bits per heavy atom. The van der Waals surface area contributed by atoms with E-state index in [1.54, 1.807) is 4.90 Å². The summed E-state index contributed by atoms with van der Waals surface area (Å²) in [5.74, 6) is 0.136. The van der Waals surface area contributed by atoms with Crippen molar-refractivity contribution < 1.29 is 13.9 Å². The molecule has 1 amide bonds. The zero-order valence-corrected chi connectivity index (χ0v) is 10.9. The van der Waals surface area contributed by atoms with E-state index >= 15 is 0 Å².